The minimum atomic E-state index is -0.638. The Morgan fingerprint density at radius 3 is 2.72 bits per heavy atom. The monoisotopic (exact) mass is 250 g/mol. The summed E-state index contributed by atoms with van der Waals surface area (Å²) in [6.07, 6.45) is 0.868. The molecule has 0 saturated heterocycles. The van der Waals surface area contributed by atoms with E-state index in [-0.39, 0.29) is 5.69 Å². The molecular formula is C12H11FN2O3. The fraction of sp³-hybridized carbons (Fsp3) is 0.167. The zero-order chi connectivity index (χ0) is 13.1. The summed E-state index contributed by atoms with van der Waals surface area (Å²) in [5.74, 6) is 0.161. The number of aromatic nitrogens is 2. The molecule has 1 aromatic heterocycles. The molecule has 0 amide bonds. The Hall–Kier alpha value is -2.37. The first-order valence-corrected chi connectivity index (χ1v) is 5.13. The van der Waals surface area contributed by atoms with Crippen LogP contribution in [-0.4, -0.2) is 24.2 Å². The largest absolute Gasteiger partial charge is 0.493 e. The van der Waals surface area contributed by atoms with Gasteiger partial charge in [0.2, 0.25) is 0 Å². The first-order chi connectivity index (χ1) is 8.67. The number of methoxy groups -OCH3 is 2. The van der Waals surface area contributed by atoms with Gasteiger partial charge in [0.25, 0.3) is 0 Å². The number of hydrogen-bond acceptors (Lipinski definition) is 4. The van der Waals surface area contributed by atoms with E-state index in [1.807, 2.05) is 0 Å². The van der Waals surface area contributed by atoms with E-state index in [2.05, 4.69) is 9.97 Å². The molecule has 1 aromatic carbocycles. The normalized spacial score (nSPS) is 10.2. The average Bonchev–Trinajstić information content (AvgIpc) is 2.40. The summed E-state index contributed by atoms with van der Waals surface area (Å²) < 4.78 is 24.0. The number of benzene rings is 1. The molecule has 0 saturated carbocycles. The van der Waals surface area contributed by atoms with E-state index in [0.29, 0.717) is 17.1 Å². The van der Waals surface area contributed by atoms with Crippen LogP contribution in [0.25, 0.3) is 11.3 Å². The highest BCUT2D eigenvalue weighted by Gasteiger charge is 2.15. The predicted molar refractivity (Wildman–Crippen MR) is 63.4 cm³/mol. The lowest BCUT2D eigenvalue weighted by Gasteiger charge is -2.12. The van der Waals surface area contributed by atoms with Crippen LogP contribution in [0.15, 0.2) is 29.2 Å². The van der Waals surface area contributed by atoms with Gasteiger partial charge in [0, 0.05) is 5.56 Å². The van der Waals surface area contributed by atoms with E-state index in [1.165, 1.54) is 14.2 Å². The zero-order valence-corrected chi connectivity index (χ0v) is 9.86. The molecule has 2 rings (SSSR count). The fourth-order valence-electron chi connectivity index (χ4n) is 1.66. The van der Waals surface area contributed by atoms with Gasteiger partial charge in [0.1, 0.15) is 0 Å². The molecule has 1 N–H and O–H groups in total. The second-order valence-electron chi connectivity index (χ2n) is 3.45. The molecule has 2 aromatic rings. The first-order valence-electron chi connectivity index (χ1n) is 5.13. The number of para-hydroxylation sites is 1. The number of ether oxygens (including phenoxy) is 2. The third kappa shape index (κ3) is 2.04. The maximum atomic E-state index is 13.7. The molecule has 0 spiro atoms. The fourth-order valence-corrected chi connectivity index (χ4v) is 1.66. The third-order valence-corrected chi connectivity index (χ3v) is 2.44. The second-order valence-corrected chi connectivity index (χ2v) is 3.45. The number of H-pyrrole nitrogens is 1. The number of hydrogen-bond donors (Lipinski definition) is 1. The summed E-state index contributed by atoms with van der Waals surface area (Å²) in [5.41, 5.74) is -0.212. The van der Waals surface area contributed by atoms with Crippen molar-refractivity contribution in [2.24, 2.45) is 0 Å². The van der Waals surface area contributed by atoms with Crippen molar-refractivity contribution in [2.45, 2.75) is 0 Å². The van der Waals surface area contributed by atoms with Gasteiger partial charge in [-0.05, 0) is 12.1 Å². The molecule has 0 atom stereocenters. The molecule has 0 bridgehead atoms. The van der Waals surface area contributed by atoms with Crippen LogP contribution in [0.4, 0.5) is 4.39 Å². The average molecular weight is 250 g/mol. The predicted octanol–water partition coefficient (Wildman–Crippen LogP) is 1.59. The second kappa shape index (κ2) is 4.87. The molecule has 0 aliphatic heterocycles. The number of halogens is 1. The van der Waals surface area contributed by atoms with Gasteiger partial charge in [-0.25, -0.2) is 9.18 Å². The van der Waals surface area contributed by atoms with Crippen molar-refractivity contribution in [3.05, 3.63) is 40.7 Å². The molecular weight excluding hydrogens is 239 g/mol. The minimum absolute atomic E-state index is 0.0192. The standard InChI is InChI=1S/C12H11FN2O3/c1-17-9-5-3-4-7(11(9)18-2)10-8(13)6-14-12(16)15-10/h3-6H,1-2H3,(H,14,15,16). The molecule has 0 fully saturated rings. The van der Waals surface area contributed by atoms with Crippen molar-refractivity contribution < 1.29 is 13.9 Å². The molecule has 18 heavy (non-hydrogen) atoms. The SMILES string of the molecule is COc1cccc(-c2[nH]c(=O)ncc2F)c1OC. The summed E-state index contributed by atoms with van der Waals surface area (Å²) in [5, 5.41) is 0. The van der Waals surface area contributed by atoms with E-state index in [4.69, 9.17) is 9.47 Å². The third-order valence-electron chi connectivity index (χ3n) is 2.44. The van der Waals surface area contributed by atoms with Crippen LogP contribution < -0.4 is 15.2 Å². The Balaban J connectivity index is 2.70. The van der Waals surface area contributed by atoms with Gasteiger partial charge in [0.15, 0.2) is 17.3 Å². The van der Waals surface area contributed by atoms with Crippen LogP contribution >= 0.6 is 0 Å². The van der Waals surface area contributed by atoms with Crippen molar-refractivity contribution >= 4 is 0 Å². The van der Waals surface area contributed by atoms with Gasteiger partial charge in [-0.1, -0.05) is 6.07 Å². The van der Waals surface area contributed by atoms with Crippen LogP contribution in [0.3, 0.4) is 0 Å². The van der Waals surface area contributed by atoms with Gasteiger partial charge < -0.3 is 14.5 Å². The Kier molecular flexibility index (Phi) is 3.27. The van der Waals surface area contributed by atoms with Crippen molar-refractivity contribution in [1.82, 2.24) is 9.97 Å². The van der Waals surface area contributed by atoms with Gasteiger partial charge >= 0.3 is 5.69 Å². The lowest BCUT2D eigenvalue weighted by atomic mass is 10.1. The highest BCUT2D eigenvalue weighted by molar-refractivity contribution is 5.71. The summed E-state index contributed by atoms with van der Waals surface area (Å²) in [6.45, 7) is 0. The Bertz CT molecular complexity index is 625. The van der Waals surface area contributed by atoms with Crippen LogP contribution in [0, 0.1) is 5.82 Å². The van der Waals surface area contributed by atoms with Crippen molar-refractivity contribution in [1.29, 1.82) is 0 Å². The van der Waals surface area contributed by atoms with Crippen LogP contribution in [0.1, 0.15) is 0 Å². The summed E-state index contributed by atoms with van der Waals surface area (Å²) in [7, 11) is 2.92. The minimum Gasteiger partial charge on any atom is -0.493 e. The summed E-state index contributed by atoms with van der Waals surface area (Å²) in [6, 6.07) is 4.98. The van der Waals surface area contributed by atoms with Gasteiger partial charge in [-0.3, -0.25) is 0 Å². The maximum absolute atomic E-state index is 13.7. The Morgan fingerprint density at radius 1 is 1.28 bits per heavy atom. The zero-order valence-electron chi connectivity index (χ0n) is 9.86. The highest BCUT2D eigenvalue weighted by atomic mass is 19.1. The smallest absolute Gasteiger partial charge is 0.345 e. The Morgan fingerprint density at radius 2 is 2.06 bits per heavy atom. The van der Waals surface area contributed by atoms with Gasteiger partial charge in [0.05, 0.1) is 26.1 Å². The van der Waals surface area contributed by atoms with Crippen LogP contribution in [0.2, 0.25) is 0 Å². The summed E-state index contributed by atoms with van der Waals surface area (Å²) in [4.78, 5) is 16.8. The number of nitrogens with one attached hydrogen (secondary N) is 1. The molecule has 0 unspecified atom stereocenters. The molecule has 94 valence electrons. The van der Waals surface area contributed by atoms with E-state index in [0.717, 1.165) is 6.20 Å². The molecule has 0 radical (unpaired) electrons. The maximum Gasteiger partial charge on any atom is 0.345 e. The van der Waals surface area contributed by atoms with Crippen molar-refractivity contribution in [2.75, 3.05) is 14.2 Å². The molecule has 0 aliphatic carbocycles. The summed E-state index contributed by atoms with van der Waals surface area (Å²) >= 11 is 0. The molecule has 5 nitrogen and oxygen atoms in total. The van der Waals surface area contributed by atoms with Gasteiger partial charge in [-0.2, -0.15) is 4.98 Å². The van der Waals surface area contributed by atoms with Crippen molar-refractivity contribution in [3.8, 4) is 22.8 Å². The van der Waals surface area contributed by atoms with Gasteiger partial charge in [-0.15, -0.1) is 0 Å². The van der Waals surface area contributed by atoms with E-state index in [9.17, 15) is 9.18 Å². The van der Waals surface area contributed by atoms with Crippen molar-refractivity contribution in [3.63, 3.8) is 0 Å². The van der Waals surface area contributed by atoms with Crippen LogP contribution in [0.5, 0.6) is 11.5 Å². The number of nitrogens with zero attached hydrogens (tertiary/aromatic N) is 1. The number of aromatic amines is 1. The quantitative estimate of drug-likeness (QED) is 0.898. The van der Waals surface area contributed by atoms with Crippen LogP contribution in [-0.2, 0) is 0 Å². The molecule has 1 heterocycles. The lowest BCUT2D eigenvalue weighted by Crippen LogP contribution is -2.12. The van der Waals surface area contributed by atoms with E-state index < -0.39 is 11.5 Å². The topological polar surface area (TPSA) is 64.2 Å². The van der Waals surface area contributed by atoms with E-state index >= 15 is 0 Å². The molecule has 0 aliphatic rings. The number of rotatable bonds is 3. The highest BCUT2D eigenvalue weighted by Crippen LogP contribution is 2.37. The van der Waals surface area contributed by atoms with E-state index in [1.54, 1.807) is 18.2 Å². The Labute approximate surface area is 102 Å². The lowest BCUT2D eigenvalue weighted by molar-refractivity contribution is 0.356. The first kappa shape index (κ1) is 12.1. The molecule has 6 heteroatoms.